The van der Waals surface area contributed by atoms with Crippen LogP contribution in [0.15, 0.2) is 24.7 Å². The average Bonchev–Trinajstić information content (AvgIpc) is 2.97. The molecule has 0 saturated carbocycles. The number of fused-ring (bicyclic) bond motifs is 1. The van der Waals surface area contributed by atoms with Crippen molar-refractivity contribution in [1.82, 2.24) is 19.5 Å². The maximum absolute atomic E-state index is 5.53. The summed E-state index contributed by atoms with van der Waals surface area (Å²) in [4.78, 5) is 12.3. The van der Waals surface area contributed by atoms with Gasteiger partial charge >= 0.3 is 0 Å². The van der Waals surface area contributed by atoms with Crippen molar-refractivity contribution in [2.24, 2.45) is 5.73 Å². The monoisotopic (exact) mass is 255 g/mol. The summed E-state index contributed by atoms with van der Waals surface area (Å²) >= 11 is 0. The van der Waals surface area contributed by atoms with Crippen LogP contribution in [-0.2, 0) is 6.54 Å². The third kappa shape index (κ3) is 2.13. The Bertz CT molecular complexity index is 684. The van der Waals surface area contributed by atoms with Gasteiger partial charge in [-0.1, -0.05) is 0 Å². The molecule has 5 heteroatoms. The van der Waals surface area contributed by atoms with Gasteiger partial charge < -0.3 is 15.3 Å². The molecule has 0 spiro atoms. The van der Waals surface area contributed by atoms with Crippen LogP contribution in [0.5, 0.6) is 0 Å². The molecule has 2 aromatic heterocycles. The standard InChI is InChI=1S/C14H17N5/c1-9-5-11-12(6-10(9)2)18-14(17-11)13-7-19(4-3-15)8-16-13/h5-8H,3-4,15H2,1-2H3,(H,17,18). The van der Waals surface area contributed by atoms with E-state index in [9.17, 15) is 0 Å². The van der Waals surface area contributed by atoms with Crippen molar-refractivity contribution in [2.75, 3.05) is 6.54 Å². The summed E-state index contributed by atoms with van der Waals surface area (Å²) < 4.78 is 1.97. The van der Waals surface area contributed by atoms with E-state index < -0.39 is 0 Å². The van der Waals surface area contributed by atoms with Crippen LogP contribution in [0.4, 0.5) is 0 Å². The number of aromatic nitrogens is 4. The number of benzene rings is 1. The Morgan fingerprint density at radius 2 is 2.05 bits per heavy atom. The minimum atomic E-state index is 0.605. The first-order chi connectivity index (χ1) is 9.17. The van der Waals surface area contributed by atoms with Crippen LogP contribution in [0.3, 0.4) is 0 Å². The number of nitrogens with zero attached hydrogens (tertiary/aromatic N) is 3. The van der Waals surface area contributed by atoms with Gasteiger partial charge in [-0.15, -0.1) is 0 Å². The lowest BCUT2D eigenvalue weighted by molar-refractivity contribution is 0.708. The molecule has 0 aliphatic carbocycles. The number of nitrogens with two attached hydrogens (primary N) is 1. The minimum Gasteiger partial charge on any atom is -0.337 e. The van der Waals surface area contributed by atoms with Crippen molar-refractivity contribution in [3.63, 3.8) is 0 Å². The van der Waals surface area contributed by atoms with Crippen LogP contribution in [0, 0.1) is 13.8 Å². The molecule has 5 nitrogen and oxygen atoms in total. The van der Waals surface area contributed by atoms with E-state index in [0.717, 1.165) is 29.1 Å². The third-order valence-electron chi connectivity index (χ3n) is 3.36. The fourth-order valence-electron chi connectivity index (χ4n) is 2.14. The zero-order chi connectivity index (χ0) is 13.4. The lowest BCUT2D eigenvalue weighted by Crippen LogP contribution is -2.07. The highest BCUT2D eigenvalue weighted by molar-refractivity contribution is 5.80. The van der Waals surface area contributed by atoms with Gasteiger partial charge in [0.25, 0.3) is 0 Å². The second kappa shape index (κ2) is 4.51. The first-order valence-corrected chi connectivity index (χ1v) is 6.36. The average molecular weight is 255 g/mol. The zero-order valence-electron chi connectivity index (χ0n) is 11.1. The van der Waals surface area contributed by atoms with E-state index in [2.05, 4.69) is 40.9 Å². The maximum atomic E-state index is 5.53. The van der Waals surface area contributed by atoms with Crippen molar-refractivity contribution in [3.8, 4) is 11.5 Å². The van der Waals surface area contributed by atoms with Gasteiger partial charge in [0, 0.05) is 19.3 Å². The molecule has 0 fully saturated rings. The summed E-state index contributed by atoms with van der Waals surface area (Å²) in [6.45, 7) is 5.57. The smallest absolute Gasteiger partial charge is 0.158 e. The quantitative estimate of drug-likeness (QED) is 0.752. The van der Waals surface area contributed by atoms with E-state index in [-0.39, 0.29) is 0 Å². The number of aryl methyl sites for hydroxylation is 2. The summed E-state index contributed by atoms with van der Waals surface area (Å²) in [6, 6.07) is 4.22. The van der Waals surface area contributed by atoms with E-state index in [0.29, 0.717) is 6.54 Å². The summed E-state index contributed by atoms with van der Waals surface area (Å²) in [6.07, 6.45) is 3.75. The molecule has 98 valence electrons. The molecule has 2 heterocycles. The molecule has 0 saturated heterocycles. The van der Waals surface area contributed by atoms with Gasteiger partial charge in [0.05, 0.1) is 17.4 Å². The Labute approximate surface area is 111 Å². The SMILES string of the molecule is Cc1cc2nc(-c3cn(CCN)cn3)[nH]c2cc1C. The maximum Gasteiger partial charge on any atom is 0.158 e. The van der Waals surface area contributed by atoms with Crippen LogP contribution in [0.25, 0.3) is 22.6 Å². The Kier molecular flexibility index (Phi) is 2.83. The van der Waals surface area contributed by atoms with Gasteiger partial charge in [-0.2, -0.15) is 0 Å². The Balaban J connectivity index is 2.04. The fourth-order valence-corrected chi connectivity index (χ4v) is 2.14. The Morgan fingerprint density at radius 1 is 1.26 bits per heavy atom. The van der Waals surface area contributed by atoms with E-state index in [1.165, 1.54) is 11.1 Å². The summed E-state index contributed by atoms with van der Waals surface area (Å²) in [5.41, 5.74) is 10.9. The molecule has 0 bridgehead atoms. The second-order valence-corrected chi connectivity index (χ2v) is 4.82. The van der Waals surface area contributed by atoms with Crippen LogP contribution < -0.4 is 5.73 Å². The van der Waals surface area contributed by atoms with Crippen molar-refractivity contribution in [3.05, 3.63) is 35.8 Å². The second-order valence-electron chi connectivity index (χ2n) is 4.82. The van der Waals surface area contributed by atoms with E-state index in [1.807, 2.05) is 10.8 Å². The molecule has 0 unspecified atom stereocenters. The molecule has 0 aliphatic rings. The lowest BCUT2D eigenvalue weighted by atomic mass is 10.1. The number of H-pyrrole nitrogens is 1. The molecular weight excluding hydrogens is 238 g/mol. The molecule has 1 aromatic carbocycles. The predicted molar refractivity (Wildman–Crippen MR) is 75.8 cm³/mol. The molecular formula is C14H17N5. The van der Waals surface area contributed by atoms with Crippen molar-refractivity contribution in [1.29, 1.82) is 0 Å². The summed E-state index contributed by atoms with van der Waals surface area (Å²) in [5, 5.41) is 0. The Morgan fingerprint density at radius 3 is 2.84 bits per heavy atom. The molecule has 0 radical (unpaired) electrons. The summed E-state index contributed by atoms with van der Waals surface area (Å²) in [7, 11) is 0. The molecule has 0 atom stereocenters. The highest BCUT2D eigenvalue weighted by Crippen LogP contribution is 2.21. The molecule has 0 aliphatic heterocycles. The third-order valence-corrected chi connectivity index (χ3v) is 3.36. The number of aromatic amines is 1. The Hall–Kier alpha value is -2.14. The van der Waals surface area contributed by atoms with Gasteiger partial charge in [-0.05, 0) is 37.1 Å². The number of nitrogens with one attached hydrogen (secondary N) is 1. The molecule has 0 amide bonds. The molecule has 3 aromatic rings. The van der Waals surface area contributed by atoms with Gasteiger partial charge in [-0.25, -0.2) is 9.97 Å². The normalized spacial score (nSPS) is 11.3. The van der Waals surface area contributed by atoms with E-state index >= 15 is 0 Å². The van der Waals surface area contributed by atoms with E-state index in [1.54, 1.807) is 6.33 Å². The van der Waals surface area contributed by atoms with Crippen LogP contribution in [0.2, 0.25) is 0 Å². The number of hydrogen-bond donors (Lipinski definition) is 2. The predicted octanol–water partition coefficient (Wildman–Crippen LogP) is 2.00. The summed E-state index contributed by atoms with van der Waals surface area (Å²) in [5.74, 6) is 0.802. The minimum absolute atomic E-state index is 0.605. The van der Waals surface area contributed by atoms with Gasteiger partial charge in [0.2, 0.25) is 0 Å². The van der Waals surface area contributed by atoms with Crippen LogP contribution in [0.1, 0.15) is 11.1 Å². The van der Waals surface area contributed by atoms with Gasteiger partial charge in [0.15, 0.2) is 5.82 Å². The lowest BCUT2D eigenvalue weighted by Gasteiger charge is -1.97. The topological polar surface area (TPSA) is 72.5 Å². The highest BCUT2D eigenvalue weighted by Gasteiger charge is 2.09. The van der Waals surface area contributed by atoms with Crippen molar-refractivity contribution < 1.29 is 0 Å². The highest BCUT2D eigenvalue weighted by atomic mass is 15.1. The first-order valence-electron chi connectivity index (χ1n) is 6.36. The van der Waals surface area contributed by atoms with Gasteiger partial charge in [-0.3, -0.25) is 0 Å². The number of hydrogen-bond acceptors (Lipinski definition) is 3. The molecule has 3 rings (SSSR count). The van der Waals surface area contributed by atoms with Crippen molar-refractivity contribution >= 4 is 11.0 Å². The van der Waals surface area contributed by atoms with Crippen molar-refractivity contribution in [2.45, 2.75) is 20.4 Å². The van der Waals surface area contributed by atoms with Crippen LogP contribution >= 0.6 is 0 Å². The number of imidazole rings is 2. The van der Waals surface area contributed by atoms with Gasteiger partial charge in [0.1, 0.15) is 5.69 Å². The first kappa shape index (κ1) is 11.9. The number of rotatable bonds is 3. The van der Waals surface area contributed by atoms with E-state index in [4.69, 9.17) is 5.73 Å². The zero-order valence-corrected chi connectivity index (χ0v) is 11.1. The fraction of sp³-hybridized carbons (Fsp3) is 0.286. The molecule has 19 heavy (non-hydrogen) atoms. The van der Waals surface area contributed by atoms with Crippen LogP contribution in [-0.4, -0.2) is 26.1 Å². The largest absolute Gasteiger partial charge is 0.337 e. The molecule has 3 N–H and O–H groups in total.